The van der Waals surface area contributed by atoms with Crippen molar-refractivity contribution in [2.24, 2.45) is 5.92 Å². The Bertz CT molecular complexity index is 591. The van der Waals surface area contributed by atoms with Crippen LogP contribution in [0.3, 0.4) is 0 Å². The maximum atomic E-state index is 11.7. The molecule has 0 aliphatic rings. The van der Waals surface area contributed by atoms with Crippen molar-refractivity contribution >= 4 is 28.7 Å². The summed E-state index contributed by atoms with van der Waals surface area (Å²) in [5.74, 6) is -2.71. The Morgan fingerprint density at radius 2 is 2.28 bits per heavy atom. The van der Waals surface area contributed by atoms with Gasteiger partial charge in [-0.25, -0.2) is 4.98 Å². The van der Waals surface area contributed by atoms with Crippen LogP contribution in [0.5, 0.6) is 0 Å². The fourth-order valence-electron chi connectivity index (χ4n) is 1.63. The summed E-state index contributed by atoms with van der Waals surface area (Å²) >= 11 is 0. The van der Waals surface area contributed by atoms with Crippen LogP contribution in [0.25, 0.3) is 11.1 Å². The second kappa shape index (κ2) is 4.87. The lowest BCUT2D eigenvalue weighted by molar-refractivity contribution is -0.145. The number of hydrogen-bond acceptors (Lipinski definition) is 4. The maximum Gasteiger partial charge on any atom is 0.316 e. The molecule has 0 bridgehead atoms. The first kappa shape index (κ1) is 12.1. The van der Waals surface area contributed by atoms with Gasteiger partial charge in [-0.3, -0.25) is 9.59 Å². The number of fused-ring (bicyclic) bond motifs is 1. The molecule has 0 saturated heterocycles. The number of benzene rings is 1. The Labute approximate surface area is 103 Å². The molecule has 6 nitrogen and oxygen atoms in total. The van der Waals surface area contributed by atoms with Gasteiger partial charge in [0.15, 0.2) is 12.0 Å². The average Bonchev–Trinajstić information content (AvgIpc) is 2.76. The largest absolute Gasteiger partial charge is 0.481 e. The van der Waals surface area contributed by atoms with Crippen molar-refractivity contribution in [3.05, 3.63) is 24.6 Å². The smallest absolute Gasteiger partial charge is 0.316 e. The van der Waals surface area contributed by atoms with Crippen LogP contribution < -0.4 is 5.32 Å². The van der Waals surface area contributed by atoms with Crippen LogP contribution in [0.2, 0.25) is 0 Å². The van der Waals surface area contributed by atoms with Crippen molar-refractivity contribution in [3.8, 4) is 0 Å². The van der Waals surface area contributed by atoms with E-state index in [0.29, 0.717) is 16.8 Å². The third-order valence-corrected chi connectivity index (χ3v) is 2.62. The van der Waals surface area contributed by atoms with E-state index in [1.165, 1.54) is 6.39 Å². The number of hydrogen-bond donors (Lipinski definition) is 2. The molecule has 0 spiro atoms. The first-order chi connectivity index (χ1) is 8.61. The number of carbonyl (C=O) groups is 2. The van der Waals surface area contributed by atoms with E-state index in [1.807, 2.05) is 0 Å². The topological polar surface area (TPSA) is 92.4 Å². The Balaban J connectivity index is 2.17. The van der Waals surface area contributed by atoms with Gasteiger partial charge in [0.2, 0.25) is 5.91 Å². The lowest BCUT2D eigenvalue weighted by Crippen LogP contribution is -2.28. The quantitative estimate of drug-likeness (QED) is 0.806. The minimum absolute atomic E-state index is 0.242. The highest BCUT2D eigenvalue weighted by Crippen LogP contribution is 2.18. The molecule has 6 heteroatoms. The van der Waals surface area contributed by atoms with Gasteiger partial charge >= 0.3 is 5.97 Å². The van der Waals surface area contributed by atoms with E-state index in [2.05, 4.69) is 10.3 Å². The molecule has 1 unspecified atom stereocenters. The molecule has 94 valence electrons. The van der Waals surface area contributed by atoms with Crippen LogP contribution in [0.15, 0.2) is 29.0 Å². The normalized spacial score (nSPS) is 12.3. The van der Waals surface area contributed by atoms with Gasteiger partial charge in [0, 0.05) is 11.8 Å². The molecule has 0 radical (unpaired) electrons. The van der Waals surface area contributed by atoms with Crippen molar-refractivity contribution < 1.29 is 19.1 Å². The van der Waals surface area contributed by atoms with Gasteiger partial charge in [-0.15, -0.1) is 0 Å². The van der Waals surface area contributed by atoms with E-state index in [4.69, 9.17) is 9.52 Å². The molecule has 1 atom stereocenters. The van der Waals surface area contributed by atoms with E-state index in [1.54, 1.807) is 25.1 Å². The Hall–Kier alpha value is -2.37. The molecular weight excluding hydrogens is 236 g/mol. The van der Waals surface area contributed by atoms with Crippen LogP contribution in [-0.2, 0) is 9.59 Å². The number of rotatable bonds is 4. The number of anilines is 1. The zero-order valence-corrected chi connectivity index (χ0v) is 9.71. The predicted octanol–water partition coefficient (Wildman–Crippen LogP) is 1.88. The number of carboxylic acid groups (broad SMARTS) is 1. The molecule has 2 rings (SSSR count). The number of nitrogens with one attached hydrogen (secondary N) is 1. The van der Waals surface area contributed by atoms with Gasteiger partial charge in [0.1, 0.15) is 11.4 Å². The molecule has 0 aliphatic heterocycles. The molecule has 1 aromatic heterocycles. The lowest BCUT2D eigenvalue weighted by atomic mass is 10.1. The van der Waals surface area contributed by atoms with Crippen molar-refractivity contribution in [1.29, 1.82) is 0 Å². The van der Waals surface area contributed by atoms with E-state index in [9.17, 15) is 9.59 Å². The van der Waals surface area contributed by atoms with Crippen molar-refractivity contribution in [1.82, 2.24) is 4.98 Å². The molecule has 1 aromatic carbocycles. The number of carbonyl (C=O) groups excluding carboxylic acids is 1. The number of aliphatic carboxylic acids is 1. The van der Waals surface area contributed by atoms with E-state index < -0.39 is 17.8 Å². The zero-order valence-electron chi connectivity index (χ0n) is 9.71. The molecule has 0 fully saturated rings. The summed E-state index contributed by atoms with van der Waals surface area (Å²) < 4.78 is 5.10. The number of carboxylic acids is 1. The third-order valence-electron chi connectivity index (χ3n) is 2.62. The maximum absolute atomic E-state index is 11.7. The fraction of sp³-hybridized carbons (Fsp3) is 0.250. The summed E-state index contributed by atoms with van der Waals surface area (Å²) in [5, 5.41) is 11.4. The minimum Gasteiger partial charge on any atom is -0.481 e. The summed E-state index contributed by atoms with van der Waals surface area (Å²) in [7, 11) is 0. The van der Waals surface area contributed by atoms with Crippen molar-refractivity contribution in [2.45, 2.75) is 13.3 Å². The summed E-state index contributed by atoms with van der Waals surface area (Å²) in [6, 6.07) is 4.95. The molecule has 0 aliphatic carbocycles. The van der Waals surface area contributed by atoms with E-state index in [0.717, 1.165) is 0 Å². The highest BCUT2D eigenvalue weighted by molar-refractivity contribution is 6.04. The van der Waals surface area contributed by atoms with E-state index >= 15 is 0 Å². The molecule has 1 heterocycles. The Morgan fingerprint density at radius 1 is 1.50 bits per heavy atom. The monoisotopic (exact) mass is 248 g/mol. The molecule has 18 heavy (non-hydrogen) atoms. The average molecular weight is 248 g/mol. The van der Waals surface area contributed by atoms with Crippen molar-refractivity contribution in [3.63, 3.8) is 0 Å². The standard InChI is InChI=1S/C12H12N2O4/c1-2-8(12(16)17)11(15)14-7-3-4-9-10(5-7)18-6-13-9/h3-6,8H,2H2,1H3,(H,14,15)(H,16,17). The van der Waals surface area contributed by atoms with Gasteiger partial charge in [-0.05, 0) is 18.6 Å². The third kappa shape index (κ3) is 2.32. The van der Waals surface area contributed by atoms with Gasteiger partial charge in [-0.1, -0.05) is 6.92 Å². The van der Waals surface area contributed by atoms with Gasteiger partial charge in [0.25, 0.3) is 0 Å². The van der Waals surface area contributed by atoms with E-state index in [-0.39, 0.29) is 6.42 Å². The van der Waals surface area contributed by atoms with Gasteiger partial charge in [-0.2, -0.15) is 0 Å². The number of amides is 1. The molecular formula is C12H12N2O4. The molecule has 1 amide bonds. The lowest BCUT2D eigenvalue weighted by Gasteiger charge is -2.10. The summed E-state index contributed by atoms with van der Waals surface area (Å²) in [6.07, 6.45) is 1.55. The fourth-order valence-corrected chi connectivity index (χ4v) is 1.63. The SMILES string of the molecule is CCC(C(=O)O)C(=O)Nc1ccc2ncoc2c1. The second-order valence-corrected chi connectivity index (χ2v) is 3.82. The zero-order chi connectivity index (χ0) is 13.1. The van der Waals surface area contributed by atoms with Crippen LogP contribution in [-0.4, -0.2) is 22.0 Å². The summed E-state index contributed by atoms with van der Waals surface area (Å²) in [4.78, 5) is 26.5. The van der Waals surface area contributed by atoms with Crippen LogP contribution >= 0.6 is 0 Å². The van der Waals surface area contributed by atoms with Crippen LogP contribution in [0.4, 0.5) is 5.69 Å². The van der Waals surface area contributed by atoms with Gasteiger partial charge < -0.3 is 14.8 Å². The van der Waals surface area contributed by atoms with Crippen molar-refractivity contribution in [2.75, 3.05) is 5.32 Å². The molecule has 2 aromatic rings. The molecule has 0 saturated carbocycles. The predicted molar refractivity (Wildman–Crippen MR) is 64.1 cm³/mol. The first-order valence-corrected chi connectivity index (χ1v) is 5.48. The summed E-state index contributed by atoms with van der Waals surface area (Å²) in [6.45, 7) is 1.65. The number of aromatic nitrogens is 1. The minimum atomic E-state index is -1.13. The Kier molecular flexibility index (Phi) is 3.27. The number of nitrogens with zero attached hydrogens (tertiary/aromatic N) is 1. The summed E-state index contributed by atoms with van der Waals surface area (Å²) in [5.41, 5.74) is 1.71. The van der Waals surface area contributed by atoms with Crippen LogP contribution in [0.1, 0.15) is 13.3 Å². The van der Waals surface area contributed by atoms with Crippen LogP contribution in [0, 0.1) is 5.92 Å². The first-order valence-electron chi connectivity index (χ1n) is 5.48. The molecule has 2 N–H and O–H groups in total. The number of oxazole rings is 1. The second-order valence-electron chi connectivity index (χ2n) is 3.82. The highest BCUT2D eigenvalue weighted by atomic mass is 16.4. The Morgan fingerprint density at radius 3 is 2.94 bits per heavy atom. The van der Waals surface area contributed by atoms with Gasteiger partial charge in [0.05, 0.1) is 0 Å². The highest BCUT2D eigenvalue weighted by Gasteiger charge is 2.24.